The molecule has 0 aromatic heterocycles. The molecule has 0 bridgehead atoms. The lowest BCUT2D eigenvalue weighted by Gasteiger charge is -2.19. The quantitative estimate of drug-likeness (QED) is 0.663. The van der Waals surface area contributed by atoms with Crippen molar-refractivity contribution in [3.05, 3.63) is 23.3 Å². The van der Waals surface area contributed by atoms with Gasteiger partial charge >= 0.3 is 19.7 Å². The average Bonchev–Trinajstić information content (AvgIpc) is 2.25. The second-order valence-electron chi connectivity index (χ2n) is 3.49. The van der Waals surface area contributed by atoms with E-state index in [4.69, 9.17) is 10.0 Å². The maximum atomic E-state index is 12.7. The highest BCUT2D eigenvalue weighted by Gasteiger charge is 2.41. The van der Waals surface area contributed by atoms with E-state index in [0.29, 0.717) is 0 Å². The van der Waals surface area contributed by atoms with Crippen LogP contribution >= 0.6 is 0 Å². The fraction of sp³-hybridized carbons (Fsp3) is 0.333. The number of methoxy groups -OCH3 is 1. The molecule has 1 aromatic carbocycles. The van der Waals surface area contributed by atoms with Gasteiger partial charge in [0.15, 0.2) is 11.5 Å². The number of rotatable bonds is 3. The van der Waals surface area contributed by atoms with E-state index in [-0.39, 0.29) is 12.1 Å². The zero-order chi connectivity index (χ0) is 15.7. The molecule has 112 valence electrons. The van der Waals surface area contributed by atoms with E-state index in [0.717, 1.165) is 7.11 Å². The first-order valence-corrected chi connectivity index (χ1v) is 4.86. The van der Waals surface area contributed by atoms with Gasteiger partial charge < -0.3 is 19.4 Å². The van der Waals surface area contributed by atoms with Crippen LogP contribution in [0.15, 0.2) is 12.1 Å². The van der Waals surface area contributed by atoms with Crippen LogP contribution in [0.4, 0.5) is 26.3 Å². The summed E-state index contributed by atoms with van der Waals surface area (Å²) in [5.74, 6) is -2.18. The summed E-state index contributed by atoms with van der Waals surface area (Å²) in [5, 5.41) is 17.1. The molecule has 0 unspecified atom stereocenters. The van der Waals surface area contributed by atoms with Crippen molar-refractivity contribution in [3.8, 4) is 11.5 Å². The molecule has 4 nitrogen and oxygen atoms in total. The van der Waals surface area contributed by atoms with Crippen LogP contribution < -0.4 is 9.39 Å². The molecule has 0 saturated carbocycles. The van der Waals surface area contributed by atoms with Crippen molar-refractivity contribution in [2.75, 3.05) is 7.11 Å². The molecular weight excluding hydrogens is 297 g/mol. The lowest BCUT2D eigenvalue weighted by molar-refractivity contribution is -0.143. The second kappa shape index (κ2) is 5.41. The molecule has 0 amide bonds. The van der Waals surface area contributed by atoms with Gasteiger partial charge in [0.05, 0.1) is 12.7 Å². The fourth-order valence-corrected chi connectivity index (χ4v) is 1.36. The molecule has 0 aliphatic rings. The first-order chi connectivity index (χ1) is 8.96. The molecule has 0 aliphatic carbocycles. The van der Waals surface area contributed by atoms with Crippen LogP contribution in [0.3, 0.4) is 0 Å². The predicted octanol–water partition coefficient (Wildman–Crippen LogP) is 2.08. The predicted molar refractivity (Wildman–Crippen MR) is 53.8 cm³/mol. The van der Waals surface area contributed by atoms with Crippen molar-refractivity contribution in [1.29, 1.82) is 0 Å². The Labute approximate surface area is 108 Å². The van der Waals surface area contributed by atoms with Gasteiger partial charge in [-0.05, 0) is 12.1 Å². The van der Waals surface area contributed by atoms with E-state index in [1.165, 1.54) is 0 Å². The third-order valence-electron chi connectivity index (χ3n) is 2.13. The van der Waals surface area contributed by atoms with Crippen LogP contribution in [0.25, 0.3) is 0 Å². The Kier molecular flexibility index (Phi) is 4.44. The molecule has 11 heteroatoms. The highest BCUT2D eigenvalue weighted by atomic mass is 19.4. The SMILES string of the molecule is COc1cc(C(F)(F)F)cc(C(F)(F)F)c1OB(O)O. The highest BCUT2D eigenvalue weighted by molar-refractivity contribution is 6.33. The lowest BCUT2D eigenvalue weighted by atomic mass is 10.1. The summed E-state index contributed by atoms with van der Waals surface area (Å²) in [6.07, 6.45) is -10.2. The molecule has 0 heterocycles. The molecular formula is C9H7BF6O4. The lowest BCUT2D eigenvalue weighted by Crippen LogP contribution is -2.24. The van der Waals surface area contributed by atoms with Gasteiger partial charge in [0.25, 0.3) is 0 Å². The van der Waals surface area contributed by atoms with Gasteiger partial charge in [-0.25, -0.2) is 0 Å². The van der Waals surface area contributed by atoms with Crippen molar-refractivity contribution in [3.63, 3.8) is 0 Å². The third kappa shape index (κ3) is 3.70. The summed E-state index contributed by atoms with van der Waals surface area (Å²) in [5.41, 5.74) is -3.45. The van der Waals surface area contributed by atoms with Gasteiger partial charge in [0.2, 0.25) is 0 Å². The number of halogens is 6. The van der Waals surface area contributed by atoms with Crippen LogP contribution in [-0.2, 0) is 12.4 Å². The summed E-state index contributed by atoms with van der Waals surface area (Å²) < 4.78 is 84.1. The first kappa shape index (κ1) is 16.4. The minimum atomic E-state index is -5.21. The minimum Gasteiger partial charge on any atom is -0.509 e. The van der Waals surface area contributed by atoms with Crippen LogP contribution in [0, 0.1) is 0 Å². The van der Waals surface area contributed by atoms with Gasteiger partial charge in [-0.2, -0.15) is 26.3 Å². The highest BCUT2D eigenvalue weighted by Crippen LogP contribution is 2.45. The Hall–Kier alpha value is -1.62. The normalized spacial score (nSPS) is 12.2. The summed E-state index contributed by atoms with van der Waals surface area (Å²) in [7, 11) is -1.84. The average molecular weight is 304 g/mol. The summed E-state index contributed by atoms with van der Waals surface area (Å²) >= 11 is 0. The van der Waals surface area contributed by atoms with E-state index >= 15 is 0 Å². The van der Waals surface area contributed by atoms with E-state index in [2.05, 4.69) is 9.39 Å². The molecule has 0 fully saturated rings. The van der Waals surface area contributed by atoms with E-state index in [1.54, 1.807) is 0 Å². The van der Waals surface area contributed by atoms with E-state index in [9.17, 15) is 26.3 Å². The molecule has 0 saturated heterocycles. The fourth-order valence-electron chi connectivity index (χ4n) is 1.36. The zero-order valence-corrected chi connectivity index (χ0v) is 9.71. The van der Waals surface area contributed by atoms with Gasteiger partial charge in [-0.3, -0.25) is 0 Å². The molecule has 20 heavy (non-hydrogen) atoms. The van der Waals surface area contributed by atoms with Crippen molar-refractivity contribution < 1.29 is 45.8 Å². The Balaban J connectivity index is 3.56. The summed E-state index contributed by atoms with van der Waals surface area (Å²) in [6.45, 7) is 0. The summed E-state index contributed by atoms with van der Waals surface area (Å²) in [6, 6.07) is 0.0488. The molecule has 1 aromatic rings. The molecule has 0 aliphatic heterocycles. The smallest absolute Gasteiger partial charge is 0.509 e. The van der Waals surface area contributed by atoms with Gasteiger partial charge in [-0.1, -0.05) is 0 Å². The van der Waals surface area contributed by atoms with E-state index in [1.807, 2.05) is 0 Å². The largest absolute Gasteiger partial charge is 0.707 e. The van der Waals surface area contributed by atoms with Gasteiger partial charge in [0, 0.05) is 0 Å². The number of benzene rings is 1. The van der Waals surface area contributed by atoms with Crippen LogP contribution in [0.1, 0.15) is 11.1 Å². The van der Waals surface area contributed by atoms with Crippen LogP contribution in [0.5, 0.6) is 11.5 Å². The van der Waals surface area contributed by atoms with Crippen molar-refractivity contribution in [1.82, 2.24) is 0 Å². The number of alkyl halides is 6. The maximum absolute atomic E-state index is 12.7. The van der Waals surface area contributed by atoms with Gasteiger partial charge in [0.1, 0.15) is 5.56 Å². The zero-order valence-electron chi connectivity index (χ0n) is 9.71. The number of hydrogen-bond donors (Lipinski definition) is 2. The maximum Gasteiger partial charge on any atom is 0.707 e. The first-order valence-electron chi connectivity index (χ1n) is 4.86. The molecule has 0 spiro atoms. The molecule has 1 rings (SSSR count). The molecule has 0 radical (unpaired) electrons. The van der Waals surface area contributed by atoms with Crippen LogP contribution in [0.2, 0.25) is 0 Å². The second-order valence-corrected chi connectivity index (χ2v) is 3.49. The van der Waals surface area contributed by atoms with Crippen molar-refractivity contribution in [2.24, 2.45) is 0 Å². The number of hydrogen-bond acceptors (Lipinski definition) is 4. The standard InChI is InChI=1S/C9H7BF6O4/c1-19-6-3-4(8(11,12)13)2-5(9(14,15)16)7(6)20-10(17)18/h2-3,17-18H,1H3. The van der Waals surface area contributed by atoms with Gasteiger partial charge in [-0.15, -0.1) is 0 Å². The molecule has 2 N–H and O–H groups in total. The Morgan fingerprint density at radius 3 is 1.90 bits per heavy atom. The Morgan fingerprint density at radius 2 is 1.55 bits per heavy atom. The molecule has 0 atom stereocenters. The Bertz CT molecular complexity index is 485. The van der Waals surface area contributed by atoms with Crippen molar-refractivity contribution >= 4 is 7.32 Å². The van der Waals surface area contributed by atoms with E-state index < -0.39 is 42.3 Å². The summed E-state index contributed by atoms with van der Waals surface area (Å²) in [4.78, 5) is 0. The topological polar surface area (TPSA) is 58.9 Å². The third-order valence-corrected chi connectivity index (χ3v) is 2.13. The Morgan fingerprint density at radius 1 is 1.00 bits per heavy atom. The number of ether oxygens (including phenoxy) is 1. The van der Waals surface area contributed by atoms with Crippen molar-refractivity contribution in [2.45, 2.75) is 12.4 Å². The van der Waals surface area contributed by atoms with Crippen LogP contribution in [-0.4, -0.2) is 24.5 Å². The monoisotopic (exact) mass is 304 g/mol. The minimum absolute atomic E-state index is 0.208.